The van der Waals surface area contributed by atoms with Gasteiger partial charge in [0.15, 0.2) is 0 Å². The number of unbranched alkanes of at least 4 members (excludes halogenated alkanes) is 4. The minimum Gasteiger partial charge on any atom is -0.459 e. The van der Waals surface area contributed by atoms with Crippen molar-refractivity contribution in [3.05, 3.63) is 35.4 Å². The van der Waals surface area contributed by atoms with Crippen molar-refractivity contribution in [3.8, 4) is 0 Å². The summed E-state index contributed by atoms with van der Waals surface area (Å²) in [6.07, 6.45) is 20.9. The van der Waals surface area contributed by atoms with Crippen molar-refractivity contribution in [2.45, 2.75) is 129 Å². The van der Waals surface area contributed by atoms with Crippen LogP contribution in [0.5, 0.6) is 0 Å². The molecule has 0 N–H and O–H groups in total. The molecule has 31 heavy (non-hydrogen) atoms. The fraction of sp³-hybridized carbons (Fsp3) is 0.759. The minimum atomic E-state index is -0.124. The van der Waals surface area contributed by atoms with Gasteiger partial charge in [0, 0.05) is 0 Å². The quantitative estimate of drug-likeness (QED) is 0.261. The summed E-state index contributed by atoms with van der Waals surface area (Å²) in [5, 5.41) is 0. The van der Waals surface area contributed by atoms with E-state index in [1.165, 1.54) is 95.5 Å². The Kier molecular flexibility index (Phi) is 10.4. The molecule has 0 atom stereocenters. The van der Waals surface area contributed by atoms with E-state index in [9.17, 15) is 4.79 Å². The highest BCUT2D eigenvalue weighted by Crippen LogP contribution is 2.38. The number of esters is 1. The van der Waals surface area contributed by atoms with Gasteiger partial charge in [-0.05, 0) is 86.8 Å². The molecule has 0 amide bonds. The van der Waals surface area contributed by atoms with E-state index in [4.69, 9.17) is 4.74 Å². The predicted molar refractivity (Wildman–Crippen MR) is 131 cm³/mol. The second-order valence-electron chi connectivity index (χ2n) is 10.4. The minimum absolute atomic E-state index is 0.123. The van der Waals surface area contributed by atoms with E-state index in [1.807, 2.05) is 12.1 Å². The van der Waals surface area contributed by atoms with Gasteiger partial charge in [0.05, 0.1) is 5.56 Å². The van der Waals surface area contributed by atoms with Gasteiger partial charge in [-0.3, -0.25) is 0 Å². The largest absolute Gasteiger partial charge is 0.459 e. The topological polar surface area (TPSA) is 26.3 Å². The first-order chi connectivity index (χ1) is 15.2. The maximum atomic E-state index is 12.6. The van der Waals surface area contributed by atoms with Crippen LogP contribution >= 0.6 is 0 Å². The third-order valence-corrected chi connectivity index (χ3v) is 7.96. The standard InChI is InChI=1S/C29H46O2/c1-3-5-7-8-10-24-13-21-28(22-14-24)31-29(30)27-19-17-26(18-20-27)25-15-11-23(12-16-25)9-6-4-2/h17-20,23-25,28H,3-16,21-22H2,1-2H3. The molecule has 0 bridgehead atoms. The Morgan fingerprint density at radius 2 is 1.32 bits per heavy atom. The highest BCUT2D eigenvalue weighted by Gasteiger charge is 2.25. The lowest BCUT2D eigenvalue weighted by Crippen LogP contribution is -2.24. The first-order valence-corrected chi connectivity index (χ1v) is 13.5. The van der Waals surface area contributed by atoms with Gasteiger partial charge in [0.2, 0.25) is 0 Å². The van der Waals surface area contributed by atoms with Crippen LogP contribution in [0, 0.1) is 11.8 Å². The van der Waals surface area contributed by atoms with Gasteiger partial charge in [0.1, 0.15) is 6.10 Å². The van der Waals surface area contributed by atoms with E-state index in [2.05, 4.69) is 26.0 Å². The van der Waals surface area contributed by atoms with Gasteiger partial charge in [-0.2, -0.15) is 0 Å². The monoisotopic (exact) mass is 426 g/mol. The van der Waals surface area contributed by atoms with Crippen molar-refractivity contribution in [2.75, 3.05) is 0 Å². The predicted octanol–water partition coefficient (Wildman–Crippen LogP) is 8.84. The van der Waals surface area contributed by atoms with Crippen LogP contribution in [0.3, 0.4) is 0 Å². The van der Waals surface area contributed by atoms with E-state index < -0.39 is 0 Å². The van der Waals surface area contributed by atoms with Gasteiger partial charge in [-0.15, -0.1) is 0 Å². The van der Waals surface area contributed by atoms with E-state index in [-0.39, 0.29) is 12.1 Å². The van der Waals surface area contributed by atoms with E-state index in [1.54, 1.807) is 0 Å². The molecule has 0 aliphatic heterocycles. The molecule has 0 saturated heterocycles. The second kappa shape index (κ2) is 13.3. The zero-order valence-electron chi connectivity index (χ0n) is 20.2. The van der Waals surface area contributed by atoms with Crippen LogP contribution in [-0.4, -0.2) is 12.1 Å². The van der Waals surface area contributed by atoms with E-state index >= 15 is 0 Å². The molecule has 2 aliphatic carbocycles. The molecule has 174 valence electrons. The van der Waals surface area contributed by atoms with Gasteiger partial charge in [-0.1, -0.05) is 77.3 Å². The van der Waals surface area contributed by atoms with Gasteiger partial charge >= 0.3 is 5.97 Å². The summed E-state index contributed by atoms with van der Waals surface area (Å²) in [4.78, 5) is 12.6. The van der Waals surface area contributed by atoms with Crippen molar-refractivity contribution in [2.24, 2.45) is 11.8 Å². The van der Waals surface area contributed by atoms with Crippen molar-refractivity contribution >= 4 is 5.97 Å². The molecule has 3 rings (SSSR count). The summed E-state index contributed by atoms with van der Waals surface area (Å²) in [6, 6.07) is 8.36. The third kappa shape index (κ3) is 7.95. The highest BCUT2D eigenvalue weighted by atomic mass is 16.5. The van der Waals surface area contributed by atoms with Gasteiger partial charge in [0.25, 0.3) is 0 Å². The normalized spacial score (nSPS) is 26.5. The van der Waals surface area contributed by atoms with Crippen molar-refractivity contribution < 1.29 is 9.53 Å². The van der Waals surface area contributed by atoms with Crippen LogP contribution in [0.25, 0.3) is 0 Å². The van der Waals surface area contributed by atoms with Crippen molar-refractivity contribution in [3.63, 3.8) is 0 Å². The number of carbonyl (C=O) groups is 1. The summed E-state index contributed by atoms with van der Waals surface area (Å²) in [5.74, 6) is 2.34. The Labute approximate surface area is 191 Å². The van der Waals surface area contributed by atoms with Gasteiger partial charge in [-0.25, -0.2) is 4.79 Å². The average Bonchev–Trinajstić information content (AvgIpc) is 2.82. The van der Waals surface area contributed by atoms with E-state index in [0.29, 0.717) is 5.92 Å². The van der Waals surface area contributed by atoms with Crippen LogP contribution in [0.15, 0.2) is 24.3 Å². The highest BCUT2D eigenvalue weighted by molar-refractivity contribution is 5.89. The van der Waals surface area contributed by atoms with Crippen LogP contribution < -0.4 is 0 Å². The second-order valence-corrected chi connectivity index (χ2v) is 10.4. The molecule has 0 heterocycles. The fourth-order valence-electron chi connectivity index (χ4n) is 5.79. The Bertz CT molecular complexity index is 619. The Morgan fingerprint density at radius 1 is 0.742 bits per heavy atom. The molecule has 1 aromatic carbocycles. The zero-order chi connectivity index (χ0) is 21.9. The summed E-state index contributed by atoms with van der Waals surface area (Å²) in [5.41, 5.74) is 2.14. The zero-order valence-corrected chi connectivity index (χ0v) is 20.2. The smallest absolute Gasteiger partial charge is 0.338 e. The summed E-state index contributed by atoms with van der Waals surface area (Å²) < 4.78 is 5.87. The number of carbonyl (C=O) groups excluding carboxylic acids is 1. The molecule has 2 heteroatoms. The number of hydrogen-bond donors (Lipinski definition) is 0. The molecule has 2 nitrogen and oxygen atoms in total. The third-order valence-electron chi connectivity index (χ3n) is 7.96. The lowest BCUT2D eigenvalue weighted by atomic mass is 9.77. The van der Waals surface area contributed by atoms with Gasteiger partial charge < -0.3 is 4.74 Å². The molecule has 2 aliphatic rings. The maximum Gasteiger partial charge on any atom is 0.338 e. The SMILES string of the molecule is CCCCCCC1CCC(OC(=O)c2ccc(C3CCC(CCCC)CC3)cc2)CC1. The summed E-state index contributed by atoms with van der Waals surface area (Å²) >= 11 is 0. The first kappa shape index (κ1) is 24.3. The summed E-state index contributed by atoms with van der Waals surface area (Å²) in [6.45, 7) is 4.56. The van der Waals surface area contributed by atoms with Crippen molar-refractivity contribution in [1.82, 2.24) is 0 Å². The van der Waals surface area contributed by atoms with Crippen LogP contribution in [0.2, 0.25) is 0 Å². The molecule has 0 spiro atoms. The van der Waals surface area contributed by atoms with Crippen LogP contribution in [0.4, 0.5) is 0 Å². The average molecular weight is 427 g/mol. The first-order valence-electron chi connectivity index (χ1n) is 13.5. The van der Waals surface area contributed by atoms with Crippen LogP contribution in [0.1, 0.15) is 138 Å². The fourth-order valence-corrected chi connectivity index (χ4v) is 5.79. The number of rotatable bonds is 11. The Balaban J connectivity index is 1.38. The molecule has 2 fully saturated rings. The lowest BCUT2D eigenvalue weighted by Gasteiger charge is -2.29. The molecular weight excluding hydrogens is 380 g/mol. The maximum absolute atomic E-state index is 12.6. The van der Waals surface area contributed by atoms with Crippen molar-refractivity contribution in [1.29, 1.82) is 0 Å². The molecule has 1 aromatic rings. The molecular formula is C29H46O2. The molecule has 0 unspecified atom stereocenters. The van der Waals surface area contributed by atoms with E-state index in [0.717, 1.165) is 30.2 Å². The molecule has 0 aromatic heterocycles. The number of benzene rings is 1. The Morgan fingerprint density at radius 3 is 1.94 bits per heavy atom. The van der Waals surface area contributed by atoms with Crippen LogP contribution in [-0.2, 0) is 4.74 Å². The Hall–Kier alpha value is -1.31. The molecule has 0 radical (unpaired) electrons. The number of hydrogen-bond acceptors (Lipinski definition) is 2. The number of ether oxygens (including phenoxy) is 1. The molecule has 2 saturated carbocycles. The lowest BCUT2D eigenvalue weighted by molar-refractivity contribution is 0.0161. The summed E-state index contributed by atoms with van der Waals surface area (Å²) in [7, 11) is 0.